The third kappa shape index (κ3) is 7.57. The fourth-order valence-electron chi connectivity index (χ4n) is 6.42. The van der Waals surface area contributed by atoms with Crippen molar-refractivity contribution in [2.45, 2.75) is 39.2 Å². The molecule has 5 aromatic rings. The van der Waals surface area contributed by atoms with Crippen molar-refractivity contribution in [3.05, 3.63) is 136 Å². The average Bonchev–Trinajstić information content (AvgIpc) is 3.72. The summed E-state index contributed by atoms with van der Waals surface area (Å²) in [6, 6.07) is 26.7. The van der Waals surface area contributed by atoms with Gasteiger partial charge in [0.25, 0.3) is 5.91 Å². The number of nitrogens with zero attached hydrogens (tertiary/aromatic N) is 3. The lowest BCUT2D eigenvalue weighted by Gasteiger charge is -2.32. The number of halogens is 2. The van der Waals surface area contributed by atoms with Gasteiger partial charge >= 0.3 is 0 Å². The lowest BCUT2D eigenvalue weighted by atomic mass is 9.95. The highest BCUT2D eigenvalue weighted by molar-refractivity contribution is 6.31. The standard InChI is InChI=1S/C40H39Cl2N5O3/c1-4-47(27(3)29-15-17-30(41)18-16-29)38(26(2)28-11-6-5-7-12-28)36-32-20-19-31(42)25-34(32)44-37(36)39(49)45-33-13-8-21-43-40(33)50-24-10-23-46-22-9-14-35(46)48/h4-8,11-13,15-21,25,27,44H,1,9-10,14,22-24H2,2-3H3,(H,45,49)/b38-26+. The SMILES string of the molecule is C=CN(/C(=C(\C)c1ccccc1)c1c(C(=O)Nc2cccnc2OCCCN2CCCC2=O)[nH]c2cc(Cl)ccc12)C(C)c1ccc(Cl)cc1. The second-order valence-corrected chi connectivity index (χ2v) is 13.1. The Morgan fingerprint density at radius 2 is 1.84 bits per heavy atom. The second kappa shape index (κ2) is 15.7. The molecule has 10 heteroatoms. The number of nitrogens with one attached hydrogen (secondary N) is 2. The molecule has 2 N–H and O–H groups in total. The maximum absolute atomic E-state index is 14.4. The van der Waals surface area contributed by atoms with Crippen molar-refractivity contribution in [1.82, 2.24) is 19.8 Å². The van der Waals surface area contributed by atoms with Gasteiger partial charge in [0.2, 0.25) is 11.8 Å². The summed E-state index contributed by atoms with van der Waals surface area (Å²) < 4.78 is 6.03. The van der Waals surface area contributed by atoms with Gasteiger partial charge in [0.1, 0.15) is 11.4 Å². The van der Waals surface area contributed by atoms with E-state index in [1.54, 1.807) is 24.5 Å². The quantitative estimate of drug-likeness (QED) is 0.119. The largest absolute Gasteiger partial charge is 0.476 e. The monoisotopic (exact) mass is 707 g/mol. The molecule has 0 radical (unpaired) electrons. The highest BCUT2D eigenvalue weighted by atomic mass is 35.5. The zero-order valence-corrected chi connectivity index (χ0v) is 29.6. The van der Waals surface area contributed by atoms with Crippen molar-refractivity contribution < 1.29 is 14.3 Å². The van der Waals surface area contributed by atoms with Crippen LogP contribution in [0.3, 0.4) is 0 Å². The predicted octanol–water partition coefficient (Wildman–Crippen LogP) is 9.61. The highest BCUT2D eigenvalue weighted by Crippen LogP contribution is 2.41. The second-order valence-electron chi connectivity index (χ2n) is 12.2. The van der Waals surface area contributed by atoms with E-state index in [2.05, 4.69) is 40.6 Å². The van der Waals surface area contributed by atoms with Crippen LogP contribution in [0.2, 0.25) is 10.0 Å². The van der Waals surface area contributed by atoms with Crippen molar-refractivity contribution >= 4 is 62.9 Å². The first-order valence-corrected chi connectivity index (χ1v) is 17.4. The number of rotatable bonds is 13. The summed E-state index contributed by atoms with van der Waals surface area (Å²) in [5.41, 5.74) is 5.92. The van der Waals surface area contributed by atoms with Gasteiger partial charge < -0.3 is 24.8 Å². The van der Waals surface area contributed by atoms with E-state index in [-0.39, 0.29) is 17.9 Å². The first-order chi connectivity index (χ1) is 24.2. The first kappa shape index (κ1) is 34.8. The Labute approximate surface area is 302 Å². The molecule has 2 amide bonds. The molecule has 1 atom stereocenters. The number of H-pyrrole nitrogens is 1. The van der Waals surface area contributed by atoms with Gasteiger partial charge in [-0.15, -0.1) is 0 Å². The number of aromatic amines is 1. The van der Waals surface area contributed by atoms with E-state index >= 15 is 0 Å². The summed E-state index contributed by atoms with van der Waals surface area (Å²) in [5, 5.41) is 5.06. The summed E-state index contributed by atoms with van der Waals surface area (Å²) in [5.74, 6) is 0.101. The van der Waals surface area contributed by atoms with Gasteiger partial charge in [0.15, 0.2) is 0 Å². The van der Waals surface area contributed by atoms with E-state index in [1.165, 1.54) is 0 Å². The molecule has 3 heterocycles. The number of anilines is 1. The fourth-order valence-corrected chi connectivity index (χ4v) is 6.71. The first-order valence-electron chi connectivity index (χ1n) is 16.7. The van der Waals surface area contributed by atoms with Crippen LogP contribution >= 0.6 is 23.2 Å². The Hall–Kier alpha value is -5.05. The number of pyridine rings is 1. The minimum absolute atomic E-state index is 0.180. The Balaban J connectivity index is 1.40. The summed E-state index contributed by atoms with van der Waals surface area (Å²) in [4.78, 5) is 38.2. The molecule has 256 valence electrons. The van der Waals surface area contributed by atoms with Crippen LogP contribution in [0.4, 0.5) is 5.69 Å². The smallest absolute Gasteiger partial charge is 0.272 e. The number of ether oxygens (including phenoxy) is 1. The molecule has 2 aromatic heterocycles. The number of hydrogen-bond donors (Lipinski definition) is 2. The van der Waals surface area contributed by atoms with E-state index in [0.717, 1.165) is 40.7 Å². The minimum Gasteiger partial charge on any atom is -0.476 e. The van der Waals surface area contributed by atoms with Gasteiger partial charge in [-0.25, -0.2) is 4.98 Å². The summed E-state index contributed by atoms with van der Waals surface area (Å²) in [7, 11) is 0. The molecule has 1 fully saturated rings. The topological polar surface area (TPSA) is 90.6 Å². The molecule has 1 aliphatic heterocycles. The van der Waals surface area contributed by atoms with Gasteiger partial charge in [-0.2, -0.15) is 0 Å². The Bertz CT molecular complexity index is 2040. The Morgan fingerprint density at radius 3 is 2.56 bits per heavy atom. The Morgan fingerprint density at radius 1 is 1.08 bits per heavy atom. The molecule has 3 aromatic carbocycles. The van der Waals surface area contributed by atoms with Gasteiger partial charge in [0, 0.05) is 52.2 Å². The van der Waals surface area contributed by atoms with Crippen LogP contribution in [0.5, 0.6) is 5.88 Å². The van der Waals surface area contributed by atoms with Crippen LogP contribution in [-0.2, 0) is 4.79 Å². The summed E-state index contributed by atoms with van der Waals surface area (Å²) in [6.07, 6.45) is 5.56. The van der Waals surface area contributed by atoms with Crippen LogP contribution in [0.1, 0.15) is 66.3 Å². The number of hydrogen-bond acceptors (Lipinski definition) is 5. The number of amides is 2. The predicted molar refractivity (Wildman–Crippen MR) is 202 cm³/mol. The molecular weight excluding hydrogens is 669 g/mol. The van der Waals surface area contributed by atoms with Gasteiger partial charge in [0.05, 0.1) is 18.3 Å². The van der Waals surface area contributed by atoms with Crippen molar-refractivity contribution in [1.29, 1.82) is 0 Å². The van der Waals surface area contributed by atoms with E-state index in [9.17, 15) is 9.59 Å². The summed E-state index contributed by atoms with van der Waals surface area (Å²) >= 11 is 12.7. The molecule has 0 bridgehead atoms. The van der Waals surface area contributed by atoms with Crippen molar-refractivity contribution in [3.8, 4) is 5.88 Å². The molecule has 0 spiro atoms. The normalized spacial score (nSPS) is 14.0. The third-order valence-corrected chi connectivity index (χ3v) is 9.50. The molecule has 1 aliphatic rings. The average molecular weight is 709 g/mol. The number of carbonyl (C=O) groups excluding carboxylic acids is 2. The zero-order valence-electron chi connectivity index (χ0n) is 28.1. The molecule has 8 nitrogen and oxygen atoms in total. The van der Waals surface area contributed by atoms with Crippen LogP contribution < -0.4 is 10.1 Å². The molecule has 6 rings (SSSR count). The van der Waals surface area contributed by atoms with Crippen molar-refractivity contribution in [2.24, 2.45) is 0 Å². The fraction of sp³-hybridized carbons (Fsp3) is 0.225. The molecule has 1 saturated heterocycles. The number of aromatic nitrogens is 2. The third-order valence-electron chi connectivity index (χ3n) is 9.01. The lowest BCUT2D eigenvalue weighted by molar-refractivity contribution is -0.127. The van der Waals surface area contributed by atoms with Crippen LogP contribution in [0.25, 0.3) is 22.2 Å². The zero-order chi connectivity index (χ0) is 35.2. The van der Waals surface area contributed by atoms with Crippen molar-refractivity contribution in [2.75, 3.05) is 25.0 Å². The van der Waals surface area contributed by atoms with E-state index in [4.69, 9.17) is 27.9 Å². The van der Waals surface area contributed by atoms with Gasteiger partial charge in [-0.1, -0.05) is 78.3 Å². The lowest BCUT2D eigenvalue weighted by Crippen LogP contribution is -2.26. The number of likely N-dealkylation sites (tertiary alicyclic amines) is 1. The molecule has 1 unspecified atom stereocenters. The van der Waals surface area contributed by atoms with Crippen LogP contribution in [0, 0.1) is 0 Å². The highest BCUT2D eigenvalue weighted by Gasteiger charge is 2.29. The van der Waals surface area contributed by atoms with Crippen LogP contribution in [0.15, 0.2) is 104 Å². The maximum atomic E-state index is 14.4. The van der Waals surface area contributed by atoms with E-state index in [1.807, 2.05) is 77.7 Å². The van der Waals surface area contributed by atoms with E-state index in [0.29, 0.717) is 64.4 Å². The van der Waals surface area contributed by atoms with Gasteiger partial charge in [-0.3, -0.25) is 9.59 Å². The number of fused-ring (bicyclic) bond motifs is 1. The van der Waals surface area contributed by atoms with Gasteiger partial charge in [-0.05, 0) is 86.0 Å². The molecule has 50 heavy (non-hydrogen) atoms. The Kier molecular flexibility index (Phi) is 10.9. The minimum atomic E-state index is -0.380. The maximum Gasteiger partial charge on any atom is 0.272 e. The number of benzene rings is 3. The number of carbonyl (C=O) groups is 2. The summed E-state index contributed by atoms with van der Waals surface area (Å²) in [6.45, 7) is 10.1. The molecule has 0 aliphatic carbocycles. The van der Waals surface area contributed by atoms with Crippen molar-refractivity contribution in [3.63, 3.8) is 0 Å². The van der Waals surface area contributed by atoms with Crippen LogP contribution in [-0.4, -0.2) is 51.3 Å². The molecular formula is C40H39Cl2N5O3. The number of allylic oxidation sites excluding steroid dienone is 1. The molecule has 0 saturated carbocycles. The van der Waals surface area contributed by atoms with E-state index < -0.39 is 0 Å².